The molecule has 5 heteroatoms. The van der Waals surface area contributed by atoms with Gasteiger partial charge in [0.2, 0.25) is 0 Å². The van der Waals surface area contributed by atoms with Crippen LogP contribution in [-0.4, -0.2) is 53.6 Å². The van der Waals surface area contributed by atoms with Crippen LogP contribution in [0.15, 0.2) is 48.8 Å². The van der Waals surface area contributed by atoms with E-state index in [9.17, 15) is 0 Å². The fraction of sp³-hybridized carbons (Fsp3) is 0.381. The number of benzene rings is 1. The van der Waals surface area contributed by atoms with Crippen molar-refractivity contribution in [2.24, 2.45) is 0 Å². The zero-order valence-corrected chi connectivity index (χ0v) is 15.7. The second-order valence-electron chi connectivity index (χ2n) is 7.12. The summed E-state index contributed by atoms with van der Waals surface area (Å²) in [6.45, 7) is 8.92. The third kappa shape index (κ3) is 3.27. The zero-order valence-electron chi connectivity index (χ0n) is 15.7. The van der Waals surface area contributed by atoms with Gasteiger partial charge in [-0.05, 0) is 44.2 Å². The molecule has 26 heavy (non-hydrogen) atoms. The highest BCUT2D eigenvalue weighted by Gasteiger charge is 2.19. The molecular weight excluding hydrogens is 324 g/mol. The van der Waals surface area contributed by atoms with Crippen molar-refractivity contribution < 1.29 is 4.74 Å². The molecule has 0 unspecified atom stereocenters. The summed E-state index contributed by atoms with van der Waals surface area (Å²) < 4.78 is 7.33. The Hall–Kier alpha value is -2.53. The fourth-order valence-electron chi connectivity index (χ4n) is 3.57. The second-order valence-corrected chi connectivity index (χ2v) is 7.12. The topological polar surface area (TPSA) is 33.0 Å². The number of ether oxygens (including phenoxy) is 1. The molecular formula is C21H26N4O. The van der Waals surface area contributed by atoms with Gasteiger partial charge in [-0.25, -0.2) is 4.98 Å². The number of methoxy groups -OCH3 is 1. The normalized spacial score (nSPS) is 15.8. The summed E-state index contributed by atoms with van der Waals surface area (Å²) in [6.07, 6.45) is 4.19. The third-order valence-corrected chi connectivity index (χ3v) is 5.24. The van der Waals surface area contributed by atoms with Gasteiger partial charge in [0.25, 0.3) is 0 Å². The van der Waals surface area contributed by atoms with Crippen LogP contribution in [0.1, 0.15) is 13.8 Å². The van der Waals surface area contributed by atoms with Crippen molar-refractivity contribution in [1.82, 2.24) is 14.3 Å². The van der Waals surface area contributed by atoms with Gasteiger partial charge in [0.15, 0.2) is 0 Å². The molecule has 0 spiro atoms. The molecule has 0 amide bonds. The number of nitrogens with zero attached hydrogens (tertiary/aromatic N) is 4. The lowest BCUT2D eigenvalue weighted by Crippen LogP contribution is -2.48. The number of pyridine rings is 1. The van der Waals surface area contributed by atoms with Crippen LogP contribution in [0.3, 0.4) is 0 Å². The van der Waals surface area contributed by atoms with Crippen LogP contribution in [0.2, 0.25) is 0 Å². The van der Waals surface area contributed by atoms with Gasteiger partial charge in [-0.15, -0.1) is 0 Å². The summed E-state index contributed by atoms with van der Waals surface area (Å²) in [4.78, 5) is 9.82. The summed E-state index contributed by atoms with van der Waals surface area (Å²) >= 11 is 0. The van der Waals surface area contributed by atoms with Crippen LogP contribution < -0.4 is 9.64 Å². The van der Waals surface area contributed by atoms with E-state index in [4.69, 9.17) is 9.72 Å². The van der Waals surface area contributed by atoms with Crippen molar-refractivity contribution in [3.05, 3.63) is 48.8 Å². The summed E-state index contributed by atoms with van der Waals surface area (Å²) in [5, 5.41) is 0. The number of piperazine rings is 1. The first-order valence-corrected chi connectivity index (χ1v) is 9.26. The first kappa shape index (κ1) is 16.9. The van der Waals surface area contributed by atoms with Crippen LogP contribution in [0.25, 0.3) is 16.9 Å². The number of hydrogen-bond acceptors (Lipinski definition) is 4. The Bertz CT molecular complexity index is 877. The van der Waals surface area contributed by atoms with E-state index in [0.717, 1.165) is 48.8 Å². The predicted octanol–water partition coefficient (Wildman–Crippen LogP) is 3.54. The average molecular weight is 350 g/mol. The average Bonchev–Trinajstić information content (AvgIpc) is 3.11. The number of fused-ring (bicyclic) bond motifs is 1. The van der Waals surface area contributed by atoms with Gasteiger partial charge in [-0.3, -0.25) is 4.90 Å². The minimum atomic E-state index is 0.624. The molecule has 0 atom stereocenters. The molecule has 0 radical (unpaired) electrons. The largest absolute Gasteiger partial charge is 0.497 e. The van der Waals surface area contributed by atoms with Crippen LogP contribution in [0, 0.1) is 0 Å². The molecule has 1 aromatic carbocycles. The van der Waals surface area contributed by atoms with E-state index in [1.165, 1.54) is 5.69 Å². The standard InChI is InChI=1S/C21H26N4O/c1-16(2)23-10-12-24(13-11-23)18-8-9-25-15-20(22-21(25)14-18)17-4-6-19(26-3)7-5-17/h4-9,14-16H,10-13H2,1-3H3. The highest BCUT2D eigenvalue weighted by atomic mass is 16.5. The first-order chi connectivity index (χ1) is 12.6. The minimum Gasteiger partial charge on any atom is -0.497 e. The van der Waals surface area contributed by atoms with Gasteiger partial charge < -0.3 is 14.0 Å². The molecule has 1 aliphatic rings. The summed E-state index contributed by atoms with van der Waals surface area (Å²) in [5.74, 6) is 0.861. The van der Waals surface area contributed by atoms with Crippen molar-refractivity contribution in [3.63, 3.8) is 0 Å². The van der Waals surface area contributed by atoms with E-state index in [0.29, 0.717) is 6.04 Å². The van der Waals surface area contributed by atoms with Crippen molar-refractivity contribution in [3.8, 4) is 17.0 Å². The maximum absolute atomic E-state index is 5.23. The quantitative estimate of drug-likeness (QED) is 0.721. The highest BCUT2D eigenvalue weighted by molar-refractivity contribution is 5.66. The maximum Gasteiger partial charge on any atom is 0.139 e. The number of hydrogen-bond donors (Lipinski definition) is 0. The van der Waals surface area contributed by atoms with Crippen LogP contribution in [0.4, 0.5) is 5.69 Å². The molecule has 136 valence electrons. The number of aromatic nitrogens is 2. The lowest BCUT2D eigenvalue weighted by atomic mass is 10.2. The molecule has 3 aromatic rings. The Balaban J connectivity index is 1.56. The van der Waals surface area contributed by atoms with E-state index in [1.807, 2.05) is 24.3 Å². The Morgan fingerprint density at radius 1 is 1.00 bits per heavy atom. The molecule has 1 aliphatic heterocycles. The maximum atomic E-state index is 5.23. The highest BCUT2D eigenvalue weighted by Crippen LogP contribution is 2.24. The Kier molecular flexibility index (Phi) is 4.55. The smallest absolute Gasteiger partial charge is 0.139 e. The molecule has 0 saturated carbocycles. The predicted molar refractivity (Wildman–Crippen MR) is 106 cm³/mol. The molecule has 1 saturated heterocycles. The Morgan fingerprint density at radius 3 is 2.38 bits per heavy atom. The molecule has 0 N–H and O–H groups in total. The lowest BCUT2D eigenvalue weighted by molar-refractivity contribution is 0.209. The van der Waals surface area contributed by atoms with Gasteiger partial charge in [-0.1, -0.05) is 0 Å². The van der Waals surface area contributed by atoms with Crippen molar-refractivity contribution in [2.75, 3.05) is 38.2 Å². The van der Waals surface area contributed by atoms with E-state index >= 15 is 0 Å². The summed E-state index contributed by atoms with van der Waals surface area (Å²) in [7, 11) is 1.68. The van der Waals surface area contributed by atoms with E-state index in [2.05, 4.69) is 52.6 Å². The van der Waals surface area contributed by atoms with E-state index < -0.39 is 0 Å². The SMILES string of the molecule is COc1ccc(-c2cn3ccc(N4CCN(C(C)C)CC4)cc3n2)cc1. The van der Waals surface area contributed by atoms with Gasteiger partial charge >= 0.3 is 0 Å². The monoisotopic (exact) mass is 350 g/mol. The van der Waals surface area contributed by atoms with Crippen LogP contribution in [0.5, 0.6) is 5.75 Å². The third-order valence-electron chi connectivity index (χ3n) is 5.24. The molecule has 0 aliphatic carbocycles. The molecule has 2 aromatic heterocycles. The molecule has 4 rings (SSSR count). The number of imidazole rings is 1. The number of rotatable bonds is 4. The molecule has 1 fully saturated rings. The fourth-order valence-corrected chi connectivity index (χ4v) is 3.57. The van der Waals surface area contributed by atoms with E-state index in [-0.39, 0.29) is 0 Å². The van der Waals surface area contributed by atoms with Gasteiger partial charge in [0.05, 0.1) is 12.8 Å². The Labute approximate surface area is 154 Å². The van der Waals surface area contributed by atoms with Crippen molar-refractivity contribution in [2.45, 2.75) is 19.9 Å². The van der Waals surface area contributed by atoms with Gasteiger partial charge in [0.1, 0.15) is 11.4 Å². The first-order valence-electron chi connectivity index (χ1n) is 9.26. The summed E-state index contributed by atoms with van der Waals surface area (Å²) in [6, 6.07) is 13.0. The summed E-state index contributed by atoms with van der Waals surface area (Å²) in [5.41, 5.74) is 4.32. The van der Waals surface area contributed by atoms with Crippen LogP contribution in [-0.2, 0) is 0 Å². The minimum absolute atomic E-state index is 0.624. The molecule has 5 nitrogen and oxygen atoms in total. The number of anilines is 1. The lowest BCUT2D eigenvalue weighted by Gasteiger charge is -2.38. The molecule has 0 bridgehead atoms. The molecule has 3 heterocycles. The van der Waals surface area contributed by atoms with Crippen molar-refractivity contribution >= 4 is 11.3 Å². The second kappa shape index (κ2) is 7.00. The van der Waals surface area contributed by atoms with E-state index in [1.54, 1.807) is 7.11 Å². The Morgan fingerprint density at radius 2 is 1.73 bits per heavy atom. The van der Waals surface area contributed by atoms with Gasteiger partial charge in [0, 0.05) is 61.9 Å². The zero-order chi connectivity index (χ0) is 18.1. The van der Waals surface area contributed by atoms with Crippen molar-refractivity contribution in [1.29, 1.82) is 0 Å². The van der Waals surface area contributed by atoms with Crippen LogP contribution >= 0.6 is 0 Å². The van der Waals surface area contributed by atoms with Gasteiger partial charge in [-0.2, -0.15) is 0 Å².